The minimum absolute atomic E-state index is 0.882. The van der Waals surface area contributed by atoms with Crippen molar-refractivity contribution in [3.8, 4) is 0 Å². The van der Waals surface area contributed by atoms with Gasteiger partial charge in [-0.15, -0.1) is 0 Å². The third-order valence-corrected chi connectivity index (χ3v) is 9.81. The van der Waals surface area contributed by atoms with Gasteiger partial charge < -0.3 is 17.7 Å². The van der Waals surface area contributed by atoms with Crippen LogP contribution in [0.2, 0.25) is 12.1 Å². The quantitative estimate of drug-likeness (QED) is 0.0843. The van der Waals surface area contributed by atoms with Crippen molar-refractivity contribution >= 4 is 18.6 Å². The van der Waals surface area contributed by atoms with Crippen LogP contribution in [0.4, 0.5) is 0 Å². The monoisotopic (exact) mass is 520 g/mol. The van der Waals surface area contributed by atoms with Crippen LogP contribution in [0, 0.1) is 0 Å². The highest BCUT2D eigenvalue weighted by Crippen LogP contribution is 2.13. The zero-order valence-corrected chi connectivity index (χ0v) is 26.7. The van der Waals surface area contributed by atoms with Crippen LogP contribution in [-0.2, 0) is 17.7 Å². The third kappa shape index (κ3) is 30.3. The average molecular weight is 521 g/mol. The highest BCUT2D eigenvalue weighted by Gasteiger charge is 2.12. The molecule has 0 N–H and O–H groups in total. The normalized spacial score (nSPS) is 11.3. The molecular weight excluding hydrogens is 456 g/mol. The maximum Gasteiger partial charge on any atom is 0.321 e. The molecule has 0 rings (SSSR count). The molecule has 6 heteroatoms. The molecule has 0 unspecified atom stereocenters. The summed E-state index contributed by atoms with van der Waals surface area (Å²) in [6.07, 6.45) is 20.8. The van der Waals surface area contributed by atoms with E-state index in [1.54, 1.807) is 0 Å². The van der Waals surface area contributed by atoms with E-state index in [0.29, 0.717) is 0 Å². The van der Waals surface area contributed by atoms with Gasteiger partial charge in [-0.25, -0.2) is 0 Å². The zero-order valence-electron chi connectivity index (χ0n) is 24.3. The van der Waals surface area contributed by atoms with Gasteiger partial charge in [0.05, 0.1) is 0 Å². The Bertz CT molecular complexity index is 332. The molecule has 0 aromatic rings. The van der Waals surface area contributed by atoms with Crippen molar-refractivity contribution in [1.82, 2.24) is 0 Å². The van der Waals surface area contributed by atoms with Gasteiger partial charge in [-0.1, -0.05) is 119 Å². The number of hydrogen-bond donors (Lipinski definition) is 0. The minimum atomic E-state index is -1.34. The molecule has 0 fully saturated rings. The molecule has 0 aliphatic carbocycles. The van der Waals surface area contributed by atoms with Crippen LogP contribution in [-0.4, -0.2) is 45.0 Å². The first-order valence-electron chi connectivity index (χ1n) is 15.2. The molecule has 0 aliphatic heterocycles. The van der Waals surface area contributed by atoms with Gasteiger partial charge in [-0.3, -0.25) is 0 Å². The summed E-state index contributed by atoms with van der Waals surface area (Å²) < 4.78 is 23.3. The predicted octanol–water partition coefficient (Wildman–Crippen LogP) is 8.84. The second-order valence-corrected chi connectivity index (χ2v) is 13.7. The maximum atomic E-state index is 5.88. The molecule has 0 atom stereocenters. The van der Waals surface area contributed by atoms with Crippen molar-refractivity contribution in [2.75, 3.05) is 26.4 Å². The van der Waals surface area contributed by atoms with Crippen LogP contribution in [0.5, 0.6) is 0 Å². The van der Waals surface area contributed by atoms with Gasteiger partial charge in [0.15, 0.2) is 0 Å². The van der Waals surface area contributed by atoms with E-state index in [4.69, 9.17) is 17.7 Å². The molecule has 4 nitrogen and oxygen atoms in total. The van der Waals surface area contributed by atoms with E-state index in [0.717, 1.165) is 52.1 Å². The molecular formula is C28H64O4Si2. The van der Waals surface area contributed by atoms with E-state index in [-0.39, 0.29) is 0 Å². The van der Waals surface area contributed by atoms with E-state index in [2.05, 4.69) is 41.5 Å². The topological polar surface area (TPSA) is 36.9 Å². The highest BCUT2D eigenvalue weighted by atomic mass is 28.3. The average Bonchev–Trinajstić information content (AvgIpc) is 2.86. The summed E-state index contributed by atoms with van der Waals surface area (Å²) in [6.45, 7) is 16.7. The lowest BCUT2D eigenvalue weighted by Crippen LogP contribution is -2.23. The molecule has 0 radical (unpaired) electrons. The lowest BCUT2D eigenvalue weighted by atomic mass is 10.1. The Balaban J connectivity index is 0. The summed E-state index contributed by atoms with van der Waals surface area (Å²) in [6, 6.07) is 2.39. The summed E-state index contributed by atoms with van der Waals surface area (Å²) in [5, 5.41) is 0. The van der Waals surface area contributed by atoms with Gasteiger partial charge >= 0.3 is 18.6 Å². The third-order valence-electron chi connectivity index (χ3n) is 5.62. The van der Waals surface area contributed by atoms with Crippen molar-refractivity contribution in [1.29, 1.82) is 0 Å². The van der Waals surface area contributed by atoms with Gasteiger partial charge in [0.25, 0.3) is 0 Å². The molecule has 0 heterocycles. The predicted molar refractivity (Wildman–Crippen MR) is 156 cm³/mol. The minimum Gasteiger partial charge on any atom is -0.397 e. The number of hydrogen-bond acceptors (Lipinski definition) is 4. The van der Waals surface area contributed by atoms with Gasteiger partial charge in [0.2, 0.25) is 0 Å². The molecule has 0 aliphatic rings. The lowest BCUT2D eigenvalue weighted by molar-refractivity contribution is 0.195. The first-order valence-corrected chi connectivity index (χ1v) is 18.7. The number of rotatable bonds is 26. The largest absolute Gasteiger partial charge is 0.397 e. The fourth-order valence-electron chi connectivity index (χ4n) is 3.61. The Hall–Kier alpha value is 0.274. The van der Waals surface area contributed by atoms with Crippen LogP contribution in [0.3, 0.4) is 0 Å². The van der Waals surface area contributed by atoms with Gasteiger partial charge in [-0.05, 0) is 37.8 Å². The lowest BCUT2D eigenvalue weighted by Gasteiger charge is -2.16. The standard InChI is InChI=1S/C17H38O2Si.C11H26O2Si/c1-4-7-8-9-10-11-12-13-14-17-20(18-15-5-2)19-16-6-3;1-4-7-8-11-14(12-9-5-2)13-10-6-3/h20H,4-17H2,1-3H3;14H,4-11H2,1-3H3. The zero-order chi connectivity index (χ0) is 25.5. The Morgan fingerprint density at radius 1 is 0.324 bits per heavy atom. The molecule has 34 heavy (non-hydrogen) atoms. The highest BCUT2D eigenvalue weighted by molar-refractivity contribution is 6.44. The van der Waals surface area contributed by atoms with E-state index < -0.39 is 18.6 Å². The van der Waals surface area contributed by atoms with Gasteiger partial charge in [0.1, 0.15) is 0 Å². The smallest absolute Gasteiger partial charge is 0.321 e. The van der Waals surface area contributed by atoms with Gasteiger partial charge in [-0.2, -0.15) is 0 Å². The van der Waals surface area contributed by atoms with E-state index in [9.17, 15) is 0 Å². The first kappa shape index (κ1) is 36.4. The fourth-order valence-corrected chi connectivity index (χ4v) is 7.71. The molecule has 0 saturated carbocycles. The SMILES string of the molecule is CCCCCCCCCCC[SiH](OCCC)OCCC.CCCCC[SiH](OCCC)OCCC. The second kappa shape index (κ2) is 33.3. The Kier molecular flexibility index (Phi) is 35.7. The summed E-state index contributed by atoms with van der Waals surface area (Å²) in [7, 11) is -2.64. The Morgan fingerprint density at radius 2 is 0.588 bits per heavy atom. The summed E-state index contributed by atoms with van der Waals surface area (Å²) in [5.74, 6) is 0. The van der Waals surface area contributed by atoms with E-state index in [1.807, 2.05) is 0 Å². The van der Waals surface area contributed by atoms with Crippen molar-refractivity contribution in [2.45, 2.75) is 156 Å². The van der Waals surface area contributed by atoms with Crippen LogP contribution in [0.1, 0.15) is 144 Å². The molecule has 208 valence electrons. The summed E-state index contributed by atoms with van der Waals surface area (Å²) in [5.41, 5.74) is 0. The van der Waals surface area contributed by atoms with Crippen molar-refractivity contribution in [3.63, 3.8) is 0 Å². The molecule has 0 spiro atoms. The van der Waals surface area contributed by atoms with Gasteiger partial charge in [0, 0.05) is 26.4 Å². The summed E-state index contributed by atoms with van der Waals surface area (Å²) >= 11 is 0. The Morgan fingerprint density at radius 3 is 0.912 bits per heavy atom. The molecule has 0 saturated heterocycles. The van der Waals surface area contributed by atoms with E-state index >= 15 is 0 Å². The van der Waals surface area contributed by atoms with Crippen molar-refractivity contribution in [3.05, 3.63) is 0 Å². The fraction of sp³-hybridized carbons (Fsp3) is 1.00. The molecule has 0 bridgehead atoms. The first-order chi connectivity index (χ1) is 16.7. The molecule has 0 aromatic carbocycles. The molecule has 0 aromatic heterocycles. The van der Waals surface area contributed by atoms with Crippen LogP contribution in [0.15, 0.2) is 0 Å². The van der Waals surface area contributed by atoms with E-state index in [1.165, 1.54) is 89.1 Å². The second-order valence-electron chi connectivity index (χ2n) is 9.46. The Labute approximate surface area is 219 Å². The van der Waals surface area contributed by atoms with Crippen LogP contribution < -0.4 is 0 Å². The summed E-state index contributed by atoms with van der Waals surface area (Å²) in [4.78, 5) is 0. The van der Waals surface area contributed by atoms with Crippen molar-refractivity contribution < 1.29 is 17.7 Å². The van der Waals surface area contributed by atoms with Crippen molar-refractivity contribution in [2.24, 2.45) is 0 Å². The molecule has 0 amide bonds. The van der Waals surface area contributed by atoms with Crippen LogP contribution in [0.25, 0.3) is 0 Å². The number of unbranched alkanes of at least 4 members (excludes halogenated alkanes) is 10. The maximum absolute atomic E-state index is 5.88. The van der Waals surface area contributed by atoms with Crippen LogP contribution >= 0.6 is 0 Å².